The van der Waals surface area contributed by atoms with Gasteiger partial charge in [-0.25, -0.2) is 4.99 Å². The molecule has 2 aliphatic rings. The molecule has 0 spiro atoms. The summed E-state index contributed by atoms with van der Waals surface area (Å²) in [4.78, 5) is 21.3. The topological polar surface area (TPSA) is 47.9 Å². The van der Waals surface area contributed by atoms with Gasteiger partial charge in [0.05, 0.1) is 0 Å². The Morgan fingerprint density at radius 1 is 1.11 bits per heavy atom. The molecule has 0 saturated carbocycles. The van der Waals surface area contributed by atoms with Crippen LogP contribution in [0.2, 0.25) is 0 Å². The van der Waals surface area contributed by atoms with Gasteiger partial charge < -0.3 is 15.1 Å². The first-order chi connectivity index (χ1) is 12.8. The molecule has 1 amide bonds. The number of nitrogens with zero attached hydrogens (tertiary/aromatic N) is 3. The molecule has 2 heterocycles. The van der Waals surface area contributed by atoms with Crippen LogP contribution < -0.4 is 5.32 Å². The van der Waals surface area contributed by atoms with Gasteiger partial charge in [0.1, 0.15) is 6.54 Å². The molecule has 0 aliphatic carbocycles. The van der Waals surface area contributed by atoms with Gasteiger partial charge in [-0.05, 0) is 50.5 Å². The highest BCUT2D eigenvalue weighted by Crippen LogP contribution is 2.21. The average Bonchev–Trinajstić information content (AvgIpc) is 3.14. The molecule has 5 nitrogen and oxygen atoms in total. The van der Waals surface area contributed by atoms with Crippen molar-refractivity contribution in [1.29, 1.82) is 0 Å². The molecule has 1 aromatic carbocycles. The van der Waals surface area contributed by atoms with Crippen LogP contribution in [0, 0.1) is 5.92 Å². The largest absolute Gasteiger partial charge is 0.357 e. The highest BCUT2D eigenvalue weighted by molar-refractivity contribution is 14.0. The van der Waals surface area contributed by atoms with E-state index in [1.165, 1.54) is 18.4 Å². The average molecular weight is 484 g/mol. The number of aliphatic imine (C=N–C) groups is 1. The minimum atomic E-state index is 0. The minimum absolute atomic E-state index is 0. The standard InChI is InChI=1S/C21H32N4O.HI/c1-2-22-21(23-16-20(26)24-12-7-4-8-13-24)25-14-11-19(17-25)15-18-9-5-3-6-10-18;/h3,5-6,9-10,19H,2,4,7-8,11-17H2,1H3,(H,22,23);1H. The van der Waals surface area contributed by atoms with Crippen LogP contribution in [-0.2, 0) is 11.2 Å². The molecular formula is C21H33IN4O. The van der Waals surface area contributed by atoms with E-state index in [1.54, 1.807) is 0 Å². The number of carbonyl (C=O) groups is 1. The lowest BCUT2D eigenvalue weighted by atomic mass is 9.99. The van der Waals surface area contributed by atoms with Crippen molar-refractivity contribution in [3.05, 3.63) is 35.9 Å². The molecule has 150 valence electrons. The monoisotopic (exact) mass is 484 g/mol. The molecule has 1 unspecified atom stereocenters. The summed E-state index contributed by atoms with van der Waals surface area (Å²) in [5.41, 5.74) is 1.40. The first kappa shape index (κ1) is 22.0. The summed E-state index contributed by atoms with van der Waals surface area (Å²) in [6, 6.07) is 10.7. The maximum absolute atomic E-state index is 12.4. The van der Waals surface area contributed by atoms with Gasteiger partial charge in [0.25, 0.3) is 0 Å². The molecule has 2 fully saturated rings. The van der Waals surface area contributed by atoms with E-state index in [0.29, 0.717) is 5.92 Å². The molecule has 1 N–H and O–H groups in total. The Morgan fingerprint density at radius 2 is 1.85 bits per heavy atom. The van der Waals surface area contributed by atoms with Gasteiger partial charge in [-0.15, -0.1) is 24.0 Å². The highest BCUT2D eigenvalue weighted by atomic mass is 127. The Labute approximate surface area is 180 Å². The lowest BCUT2D eigenvalue weighted by molar-refractivity contribution is -0.130. The van der Waals surface area contributed by atoms with Crippen LogP contribution in [0.15, 0.2) is 35.3 Å². The van der Waals surface area contributed by atoms with Crippen molar-refractivity contribution in [2.75, 3.05) is 39.3 Å². The predicted molar refractivity (Wildman–Crippen MR) is 122 cm³/mol. The number of amides is 1. The zero-order valence-corrected chi connectivity index (χ0v) is 18.7. The molecular weight excluding hydrogens is 451 g/mol. The number of hydrogen-bond acceptors (Lipinski definition) is 2. The predicted octanol–water partition coefficient (Wildman–Crippen LogP) is 3.15. The van der Waals surface area contributed by atoms with E-state index < -0.39 is 0 Å². The lowest BCUT2D eigenvalue weighted by Crippen LogP contribution is -2.42. The minimum Gasteiger partial charge on any atom is -0.357 e. The fraction of sp³-hybridized carbons (Fsp3) is 0.619. The number of guanidine groups is 1. The van der Waals surface area contributed by atoms with Gasteiger partial charge in [-0.3, -0.25) is 4.79 Å². The number of piperidine rings is 1. The number of carbonyl (C=O) groups excluding carboxylic acids is 1. The first-order valence-corrected chi connectivity index (χ1v) is 10.1. The van der Waals surface area contributed by atoms with E-state index in [1.807, 2.05) is 4.90 Å². The first-order valence-electron chi connectivity index (χ1n) is 10.1. The maximum Gasteiger partial charge on any atom is 0.244 e. The van der Waals surface area contributed by atoms with Crippen molar-refractivity contribution < 1.29 is 4.79 Å². The summed E-state index contributed by atoms with van der Waals surface area (Å²) in [5.74, 6) is 1.72. The van der Waals surface area contributed by atoms with Gasteiger partial charge in [-0.2, -0.15) is 0 Å². The summed E-state index contributed by atoms with van der Waals surface area (Å²) in [6.45, 7) is 7.00. The summed E-state index contributed by atoms with van der Waals surface area (Å²) in [5, 5.41) is 3.37. The van der Waals surface area contributed by atoms with Crippen molar-refractivity contribution in [1.82, 2.24) is 15.1 Å². The molecule has 3 rings (SSSR count). The third-order valence-corrected chi connectivity index (χ3v) is 5.36. The van der Waals surface area contributed by atoms with Crippen molar-refractivity contribution in [2.24, 2.45) is 10.9 Å². The summed E-state index contributed by atoms with van der Waals surface area (Å²) < 4.78 is 0. The Bertz CT molecular complexity index is 601. The SMILES string of the molecule is CCNC(=NCC(=O)N1CCCCC1)N1CCC(Cc2ccccc2)C1.I. The fourth-order valence-electron chi connectivity index (χ4n) is 3.95. The van der Waals surface area contributed by atoms with E-state index in [0.717, 1.165) is 57.9 Å². The Morgan fingerprint density at radius 3 is 2.56 bits per heavy atom. The third-order valence-electron chi connectivity index (χ3n) is 5.36. The Balaban J connectivity index is 0.00000261. The smallest absolute Gasteiger partial charge is 0.244 e. The fourth-order valence-corrected chi connectivity index (χ4v) is 3.95. The van der Waals surface area contributed by atoms with Gasteiger partial charge in [-0.1, -0.05) is 30.3 Å². The highest BCUT2D eigenvalue weighted by Gasteiger charge is 2.25. The van der Waals surface area contributed by atoms with Crippen molar-refractivity contribution >= 4 is 35.8 Å². The van der Waals surface area contributed by atoms with Crippen LogP contribution in [0.5, 0.6) is 0 Å². The molecule has 6 heteroatoms. The molecule has 2 aliphatic heterocycles. The quantitative estimate of drug-likeness (QED) is 0.397. The molecule has 2 saturated heterocycles. The number of halogens is 1. The van der Waals surface area contributed by atoms with Gasteiger partial charge in [0, 0.05) is 32.7 Å². The normalized spacial score (nSPS) is 20.3. The zero-order valence-electron chi connectivity index (χ0n) is 16.4. The number of nitrogens with one attached hydrogen (secondary N) is 1. The number of hydrogen-bond donors (Lipinski definition) is 1. The zero-order chi connectivity index (χ0) is 18.2. The molecule has 0 aromatic heterocycles. The van der Waals surface area contributed by atoms with Crippen LogP contribution >= 0.6 is 24.0 Å². The third kappa shape index (κ3) is 6.66. The molecule has 1 atom stereocenters. The molecule has 0 radical (unpaired) electrons. The lowest BCUT2D eigenvalue weighted by Gasteiger charge is -2.26. The summed E-state index contributed by atoms with van der Waals surface area (Å²) in [7, 11) is 0. The van der Waals surface area contributed by atoms with E-state index in [9.17, 15) is 4.79 Å². The summed E-state index contributed by atoms with van der Waals surface area (Å²) in [6.07, 6.45) is 5.79. The van der Waals surface area contributed by atoms with Crippen LogP contribution in [0.4, 0.5) is 0 Å². The van der Waals surface area contributed by atoms with Gasteiger partial charge in [0.2, 0.25) is 5.91 Å². The number of likely N-dealkylation sites (tertiary alicyclic amines) is 2. The van der Waals surface area contributed by atoms with E-state index in [2.05, 4.69) is 52.5 Å². The van der Waals surface area contributed by atoms with Crippen molar-refractivity contribution in [3.8, 4) is 0 Å². The maximum atomic E-state index is 12.4. The number of rotatable bonds is 5. The van der Waals surface area contributed by atoms with Crippen LogP contribution in [0.3, 0.4) is 0 Å². The second kappa shape index (κ2) is 11.5. The Kier molecular flexibility index (Phi) is 9.38. The van der Waals surface area contributed by atoms with Crippen molar-refractivity contribution in [2.45, 2.75) is 39.0 Å². The number of benzene rings is 1. The summed E-state index contributed by atoms with van der Waals surface area (Å²) >= 11 is 0. The Hall–Kier alpha value is -1.31. The van der Waals surface area contributed by atoms with Crippen LogP contribution in [0.25, 0.3) is 0 Å². The molecule has 1 aromatic rings. The molecule has 27 heavy (non-hydrogen) atoms. The van der Waals surface area contributed by atoms with Crippen LogP contribution in [-0.4, -0.2) is 60.9 Å². The van der Waals surface area contributed by atoms with Crippen LogP contribution in [0.1, 0.15) is 38.2 Å². The second-order valence-electron chi connectivity index (χ2n) is 7.40. The second-order valence-corrected chi connectivity index (χ2v) is 7.40. The van der Waals surface area contributed by atoms with E-state index in [4.69, 9.17) is 0 Å². The van der Waals surface area contributed by atoms with E-state index >= 15 is 0 Å². The van der Waals surface area contributed by atoms with E-state index in [-0.39, 0.29) is 36.4 Å². The molecule has 0 bridgehead atoms. The van der Waals surface area contributed by atoms with Crippen molar-refractivity contribution in [3.63, 3.8) is 0 Å². The van der Waals surface area contributed by atoms with Gasteiger partial charge >= 0.3 is 0 Å². The van der Waals surface area contributed by atoms with Gasteiger partial charge in [0.15, 0.2) is 5.96 Å².